The molecule has 132 valence electrons. The Kier molecular flexibility index (Phi) is 16.4. The molecule has 0 spiro atoms. The third-order valence-electron chi connectivity index (χ3n) is 4.40. The fourth-order valence-corrected chi connectivity index (χ4v) is 2.69. The molecule has 0 aromatic rings. The van der Waals surface area contributed by atoms with Crippen LogP contribution in [0.1, 0.15) is 97.8 Å². The van der Waals surface area contributed by atoms with Crippen LogP contribution in [0.5, 0.6) is 0 Å². The summed E-state index contributed by atoms with van der Waals surface area (Å²) in [6, 6.07) is 0. The van der Waals surface area contributed by atoms with E-state index in [1.165, 1.54) is 64.2 Å². The Hall–Kier alpha value is -0.570. The fourth-order valence-electron chi connectivity index (χ4n) is 2.69. The smallest absolute Gasteiger partial charge is 0.220 e. The molecular formula is C19H40N2O. The van der Waals surface area contributed by atoms with Gasteiger partial charge in [-0.3, -0.25) is 9.69 Å². The lowest BCUT2D eigenvalue weighted by molar-refractivity contribution is -0.121. The predicted octanol–water partition coefficient (Wildman–Crippen LogP) is 5.10. The molecule has 0 atom stereocenters. The molecule has 0 rings (SSSR count). The van der Waals surface area contributed by atoms with E-state index in [4.69, 9.17) is 0 Å². The number of hydrogen-bond donors (Lipinski definition) is 1. The maximum absolute atomic E-state index is 11.7. The molecule has 0 unspecified atom stereocenters. The van der Waals surface area contributed by atoms with Crippen molar-refractivity contribution >= 4 is 5.91 Å². The summed E-state index contributed by atoms with van der Waals surface area (Å²) in [7, 11) is 0. The summed E-state index contributed by atoms with van der Waals surface area (Å²) >= 11 is 0. The predicted molar refractivity (Wildman–Crippen MR) is 97.0 cm³/mol. The highest BCUT2D eigenvalue weighted by Crippen LogP contribution is 2.11. The van der Waals surface area contributed by atoms with Crippen LogP contribution in [0.4, 0.5) is 0 Å². The van der Waals surface area contributed by atoms with E-state index in [0.29, 0.717) is 13.1 Å². The number of unbranched alkanes of at least 4 members (excludes halogenated alkanes) is 10. The fraction of sp³-hybridized carbons (Fsp3) is 0.947. The lowest BCUT2D eigenvalue weighted by Gasteiger charge is -2.18. The molecule has 0 aliphatic heterocycles. The second-order valence-electron chi connectivity index (χ2n) is 6.35. The van der Waals surface area contributed by atoms with Crippen molar-refractivity contribution in [1.82, 2.24) is 10.2 Å². The van der Waals surface area contributed by atoms with Gasteiger partial charge in [0.25, 0.3) is 0 Å². The maximum Gasteiger partial charge on any atom is 0.220 e. The van der Waals surface area contributed by atoms with Crippen molar-refractivity contribution in [3.8, 4) is 0 Å². The second kappa shape index (κ2) is 16.8. The van der Waals surface area contributed by atoms with Crippen LogP contribution in [0.15, 0.2) is 0 Å². The molecule has 1 amide bonds. The molecule has 3 nitrogen and oxygen atoms in total. The van der Waals surface area contributed by atoms with Gasteiger partial charge in [0.05, 0.1) is 6.67 Å². The zero-order chi connectivity index (χ0) is 16.5. The van der Waals surface area contributed by atoms with Gasteiger partial charge in [-0.05, 0) is 19.5 Å². The van der Waals surface area contributed by atoms with Gasteiger partial charge in [0.15, 0.2) is 0 Å². The molecule has 0 radical (unpaired) electrons. The SMILES string of the molecule is CCCCCCCCCCCCCC(=O)NCN(CC)CC. The van der Waals surface area contributed by atoms with E-state index in [-0.39, 0.29) is 5.91 Å². The minimum atomic E-state index is 0.211. The van der Waals surface area contributed by atoms with Crippen molar-refractivity contribution in [2.24, 2.45) is 0 Å². The first-order valence-electron chi connectivity index (χ1n) is 9.73. The Bertz CT molecular complexity index is 240. The topological polar surface area (TPSA) is 32.3 Å². The number of carbonyl (C=O) groups excluding carboxylic acids is 1. The highest BCUT2D eigenvalue weighted by Gasteiger charge is 2.03. The molecular weight excluding hydrogens is 272 g/mol. The number of rotatable bonds is 16. The lowest BCUT2D eigenvalue weighted by atomic mass is 10.1. The molecule has 0 aromatic heterocycles. The quantitative estimate of drug-likeness (QED) is 0.317. The van der Waals surface area contributed by atoms with Gasteiger partial charge in [-0.1, -0.05) is 85.0 Å². The Balaban J connectivity index is 3.23. The molecule has 0 saturated carbocycles. The summed E-state index contributed by atoms with van der Waals surface area (Å²) in [6.07, 6.45) is 15.3. The third kappa shape index (κ3) is 14.4. The van der Waals surface area contributed by atoms with Crippen molar-refractivity contribution < 1.29 is 4.79 Å². The molecule has 22 heavy (non-hydrogen) atoms. The minimum Gasteiger partial charge on any atom is -0.343 e. The van der Waals surface area contributed by atoms with Gasteiger partial charge >= 0.3 is 0 Å². The van der Waals surface area contributed by atoms with Crippen molar-refractivity contribution in [3.63, 3.8) is 0 Å². The van der Waals surface area contributed by atoms with Crippen LogP contribution in [-0.2, 0) is 4.79 Å². The van der Waals surface area contributed by atoms with E-state index in [1.54, 1.807) is 0 Å². The van der Waals surface area contributed by atoms with E-state index >= 15 is 0 Å². The van der Waals surface area contributed by atoms with Gasteiger partial charge in [0.1, 0.15) is 0 Å². The maximum atomic E-state index is 11.7. The zero-order valence-corrected chi connectivity index (χ0v) is 15.5. The van der Waals surface area contributed by atoms with Crippen LogP contribution in [0, 0.1) is 0 Å². The van der Waals surface area contributed by atoms with Gasteiger partial charge in [0.2, 0.25) is 5.91 Å². The summed E-state index contributed by atoms with van der Waals surface area (Å²) in [4.78, 5) is 13.9. The van der Waals surface area contributed by atoms with Gasteiger partial charge in [0, 0.05) is 6.42 Å². The summed E-state index contributed by atoms with van der Waals surface area (Å²) in [6.45, 7) is 9.21. The monoisotopic (exact) mass is 312 g/mol. The Morgan fingerprint density at radius 2 is 1.18 bits per heavy atom. The first kappa shape index (κ1) is 21.4. The third-order valence-corrected chi connectivity index (χ3v) is 4.40. The number of nitrogens with one attached hydrogen (secondary N) is 1. The van der Waals surface area contributed by atoms with Crippen LogP contribution >= 0.6 is 0 Å². The molecule has 0 aliphatic rings. The molecule has 0 heterocycles. The first-order valence-corrected chi connectivity index (χ1v) is 9.73. The van der Waals surface area contributed by atoms with Crippen LogP contribution in [0.2, 0.25) is 0 Å². The standard InChI is InChI=1S/C19H40N2O/c1-4-7-8-9-10-11-12-13-14-15-16-17-19(22)20-18-21(5-2)6-3/h4-18H2,1-3H3,(H,20,22). The largest absolute Gasteiger partial charge is 0.343 e. The Labute approximate surface area is 139 Å². The summed E-state index contributed by atoms with van der Waals surface area (Å²) in [5.41, 5.74) is 0. The average Bonchev–Trinajstić information content (AvgIpc) is 2.53. The summed E-state index contributed by atoms with van der Waals surface area (Å²) < 4.78 is 0. The van der Waals surface area contributed by atoms with Gasteiger partial charge in [-0.25, -0.2) is 0 Å². The molecule has 0 aromatic carbocycles. The number of hydrogen-bond acceptors (Lipinski definition) is 2. The molecule has 1 N–H and O–H groups in total. The second-order valence-corrected chi connectivity index (χ2v) is 6.35. The highest BCUT2D eigenvalue weighted by molar-refractivity contribution is 5.75. The van der Waals surface area contributed by atoms with Crippen LogP contribution in [0.3, 0.4) is 0 Å². The van der Waals surface area contributed by atoms with Gasteiger partial charge in [-0.15, -0.1) is 0 Å². The van der Waals surface area contributed by atoms with E-state index in [0.717, 1.165) is 19.5 Å². The average molecular weight is 313 g/mol. The molecule has 0 saturated heterocycles. The van der Waals surface area contributed by atoms with E-state index in [9.17, 15) is 4.79 Å². The van der Waals surface area contributed by atoms with E-state index in [1.807, 2.05) is 0 Å². The van der Waals surface area contributed by atoms with E-state index < -0.39 is 0 Å². The number of amides is 1. The van der Waals surface area contributed by atoms with Crippen molar-refractivity contribution in [2.45, 2.75) is 97.8 Å². The Morgan fingerprint density at radius 3 is 1.64 bits per heavy atom. The highest BCUT2D eigenvalue weighted by atomic mass is 16.1. The lowest BCUT2D eigenvalue weighted by Crippen LogP contribution is -2.37. The molecule has 0 fully saturated rings. The van der Waals surface area contributed by atoms with Crippen LogP contribution < -0.4 is 5.32 Å². The zero-order valence-electron chi connectivity index (χ0n) is 15.5. The number of nitrogens with zero attached hydrogens (tertiary/aromatic N) is 1. The van der Waals surface area contributed by atoms with Gasteiger partial charge in [-0.2, -0.15) is 0 Å². The molecule has 3 heteroatoms. The number of carbonyl (C=O) groups is 1. The van der Waals surface area contributed by atoms with Crippen molar-refractivity contribution in [3.05, 3.63) is 0 Å². The minimum absolute atomic E-state index is 0.211. The summed E-state index contributed by atoms with van der Waals surface area (Å²) in [5.74, 6) is 0.211. The van der Waals surface area contributed by atoms with E-state index in [2.05, 4.69) is 31.0 Å². The normalized spacial score (nSPS) is 11.1. The van der Waals surface area contributed by atoms with Crippen molar-refractivity contribution in [1.29, 1.82) is 0 Å². The Morgan fingerprint density at radius 1 is 0.727 bits per heavy atom. The van der Waals surface area contributed by atoms with Crippen LogP contribution in [0.25, 0.3) is 0 Å². The first-order chi connectivity index (χ1) is 10.7. The van der Waals surface area contributed by atoms with Crippen LogP contribution in [-0.4, -0.2) is 30.6 Å². The van der Waals surface area contributed by atoms with Crippen molar-refractivity contribution in [2.75, 3.05) is 19.8 Å². The summed E-state index contributed by atoms with van der Waals surface area (Å²) in [5, 5.41) is 3.01. The molecule has 0 aliphatic carbocycles. The van der Waals surface area contributed by atoms with Gasteiger partial charge < -0.3 is 5.32 Å². The molecule has 0 bridgehead atoms.